The maximum atomic E-state index is 11.1. The number of aromatic hydroxyl groups is 2. The van der Waals surface area contributed by atoms with Crippen LogP contribution in [0.4, 0.5) is 0 Å². The molecule has 0 spiro atoms. The Morgan fingerprint density at radius 3 is 0.972 bits per heavy atom. The van der Waals surface area contributed by atoms with Crippen molar-refractivity contribution in [3.8, 4) is 35.1 Å². The van der Waals surface area contributed by atoms with Gasteiger partial charge in [0.1, 0.15) is 33.8 Å². The van der Waals surface area contributed by atoms with Gasteiger partial charge < -0.3 is 19.7 Å². The van der Waals surface area contributed by atoms with E-state index in [0.29, 0.717) is 33.8 Å². The summed E-state index contributed by atoms with van der Waals surface area (Å²) in [4.78, 5) is 0. The second kappa shape index (κ2) is 9.74. The molecule has 4 aromatic carbocycles. The predicted molar refractivity (Wildman–Crippen MR) is 135 cm³/mol. The Hall–Kier alpha value is -4.94. The van der Waals surface area contributed by atoms with E-state index in [1.807, 2.05) is 0 Å². The van der Waals surface area contributed by atoms with E-state index in [9.17, 15) is 20.7 Å². The van der Waals surface area contributed by atoms with Crippen LogP contribution >= 0.6 is 0 Å². The van der Waals surface area contributed by atoms with E-state index in [-0.39, 0.29) is 11.5 Å². The molecule has 0 bridgehead atoms. The van der Waals surface area contributed by atoms with Crippen molar-refractivity contribution in [1.82, 2.24) is 0 Å². The van der Waals surface area contributed by atoms with Crippen molar-refractivity contribution in [3.63, 3.8) is 0 Å². The first-order valence-corrected chi connectivity index (χ1v) is 11.2. The third kappa shape index (κ3) is 3.76. The second-order valence-corrected chi connectivity index (χ2v) is 8.27. The topological polar surface area (TPSA) is 106 Å². The molecule has 0 fully saturated rings. The highest BCUT2D eigenvalue weighted by atomic mass is 16.5. The van der Waals surface area contributed by atoms with Gasteiger partial charge in [-0.15, -0.1) is 0 Å². The summed E-state index contributed by atoms with van der Waals surface area (Å²) in [5.41, 5.74) is -1.01. The van der Waals surface area contributed by atoms with Crippen molar-refractivity contribution in [2.45, 2.75) is 10.8 Å². The predicted octanol–water partition coefficient (Wildman–Crippen LogP) is 5.43. The molecule has 0 heterocycles. The van der Waals surface area contributed by atoms with Crippen molar-refractivity contribution in [1.29, 1.82) is 10.5 Å². The Kier molecular flexibility index (Phi) is 6.54. The van der Waals surface area contributed by atoms with Crippen LogP contribution in [0.2, 0.25) is 0 Å². The van der Waals surface area contributed by atoms with Crippen LogP contribution < -0.4 is 9.47 Å². The van der Waals surface area contributed by atoms with Crippen LogP contribution in [-0.4, -0.2) is 24.4 Å². The van der Waals surface area contributed by atoms with Gasteiger partial charge in [-0.3, -0.25) is 0 Å². The molecule has 2 unspecified atom stereocenters. The molecule has 36 heavy (non-hydrogen) atoms. The molecule has 0 aromatic heterocycles. The number of benzene rings is 4. The highest BCUT2D eigenvalue weighted by molar-refractivity contribution is 5.65. The minimum atomic E-state index is -1.58. The van der Waals surface area contributed by atoms with Crippen LogP contribution in [0.25, 0.3) is 0 Å². The highest BCUT2D eigenvalue weighted by Crippen LogP contribution is 2.53. The van der Waals surface area contributed by atoms with Crippen molar-refractivity contribution in [3.05, 3.63) is 119 Å². The lowest BCUT2D eigenvalue weighted by molar-refractivity contribution is 0.412. The van der Waals surface area contributed by atoms with E-state index in [1.165, 1.54) is 24.3 Å². The minimum Gasteiger partial charge on any atom is -0.508 e. The summed E-state index contributed by atoms with van der Waals surface area (Å²) >= 11 is 0. The molecular formula is C30H24N2O4. The molecule has 0 saturated carbocycles. The van der Waals surface area contributed by atoms with Gasteiger partial charge >= 0.3 is 0 Å². The molecule has 4 aromatic rings. The van der Waals surface area contributed by atoms with Crippen LogP contribution in [0.1, 0.15) is 22.3 Å². The monoisotopic (exact) mass is 476 g/mol. The van der Waals surface area contributed by atoms with Gasteiger partial charge in [-0.1, -0.05) is 48.5 Å². The molecule has 6 nitrogen and oxygen atoms in total. The molecule has 6 heteroatoms. The van der Waals surface area contributed by atoms with Crippen LogP contribution in [0.3, 0.4) is 0 Å². The van der Waals surface area contributed by atoms with E-state index < -0.39 is 10.8 Å². The SMILES string of the molecule is COc1ccc(C(C#N)(c2ccc(O)cc2)C(C#N)(c2ccc(O)cc2)c2ccc(OC)cc2)cc1. The molecule has 0 saturated heterocycles. The number of hydrogen-bond acceptors (Lipinski definition) is 6. The molecule has 0 amide bonds. The molecule has 0 aliphatic rings. The summed E-state index contributed by atoms with van der Waals surface area (Å²) in [6.45, 7) is 0. The third-order valence-corrected chi connectivity index (χ3v) is 6.54. The van der Waals surface area contributed by atoms with Gasteiger partial charge in [-0.25, -0.2) is 0 Å². The van der Waals surface area contributed by atoms with Gasteiger partial charge in [0.25, 0.3) is 0 Å². The van der Waals surface area contributed by atoms with E-state index in [4.69, 9.17) is 9.47 Å². The molecule has 0 radical (unpaired) electrons. The van der Waals surface area contributed by atoms with Crippen LogP contribution in [0.5, 0.6) is 23.0 Å². The zero-order valence-electron chi connectivity index (χ0n) is 19.8. The zero-order valence-corrected chi connectivity index (χ0v) is 19.8. The fourth-order valence-corrected chi connectivity index (χ4v) is 4.73. The van der Waals surface area contributed by atoms with Gasteiger partial charge in [0, 0.05) is 0 Å². The Labute approximate surface area is 209 Å². The van der Waals surface area contributed by atoms with Crippen LogP contribution in [0, 0.1) is 22.7 Å². The largest absolute Gasteiger partial charge is 0.508 e. The number of ether oxygens (including phenoxy) is 2. The molecule has 2 atom stereocenters. The maximum absolute atomic E-state index is 11.1. The Morgan fingerprint density at radius 2 is 0.750 bits per heavy atom. The molecule has 2 N–H and O–H groups in total. The fraction of sp³-hybridized carbons (Fsp3) is 0.133. The quantitative estimate of drug-likeness (QED) is 0.368. The third-order valence-electron chi connectivity index (χ3n) is 6.54. The number of phenolic OH excluding ortho intramolecular Hbond substituents is 2. The highest BCUT2D eigenvalue weighted by Gasteiger charge is 2.57. The molecule has 0 aliphatic heterocycles. The first-order chi connectivity index (χ1) is 17.4. The number of phenols is 2. The Morgan fingerprint density at radius 1 is 0.500 bits per heavy atom. The average Bonchev–Trinajstić information content (AvgIpc) is 2.93. The number of methoxy groups -OCH3 is 2. The van der Waals surface area contributed by atoms with E-state index in [1.54, 1.807) is 87.0 Å². The summed E-state index contributed by atoms with van der Waals surface area (Å²) < 4.78 is 10.7. The number of hydrogen-bond donors (Lipinski definition) is 2. The van der Waals surface area contributed by atoms with E-state index in [2.05, 4.69) is 12.1 Å². The van der Waals surface area contributed by atoms with Gasteiger partial charge in [0.05, 0.1) is 26.4 Å². The van der Waals surface area contributed by atoms with Crippen molar-refractivity contribution >= 4 is 0 Å². The zero-order chi connectivity index (χ0) is 25.8. The molecule has 178 valence electrons. The average molecular weight is 477 g/mol. The summed E-state index contributed by atoms with van der Waals surface area (Å²) in [6.07, 6.45) is 0. The molecule has 0 aliphatic carbocycles. The van der Waals surface area contributed by atoms with Gasteiger partial charge in [-0.2, -0.15) is 10.5 Å². The Balaban J connectivity index is 2.18. The van der Waals surface area contributed by atoms with E-state index in [0.717, 1.165) is 0 Å². The summed E-state index contributed by atoms with van der Waals surface area (Å²) in [5.74, 6) is 1.29. The first kappa shape index (κ1) is 24.2. The fourth-order valence-electron chi connectivity index (χ4n) is 4.73. The number of nitriles is 2. The molecular weight excluding hydrogens is 452 g/mol. The normalized spacial score (nSPS) is 13.9. The van der Waals surface area contributed by atoms with Crippen LogP contribution in [0.15, 0.2) is 97.1 Å². The van der Waals surface area contributed by atoms with Gasteiger partial charge in [-0.05, 0) is 70.8 Å². The minimum absolute atomic E-state index is 0.0389. The van der Waals surface area contributed by atoms with Crippen molar-refractivity contribution in [2.24, 2.45) is 0 Å². The number of nitrogens with zero attached hydrogens (tertiary/aromatic N) is 2. The maximum Gasteiger partial charge on any atom is 0.134 e. The van der Waals surface area contributed by atoms with Gasteiger partial charge in [0.15, 0.2) is 0 Å². The van der Waals surface area contributed by atoms with Crippen LogP contribution in [-0.2, 0) is 10.8 Å². The standard InChI is InChI=1S/C30H24N2O4/c1-35-27-15-7-23(8-16-27)29(19-31,21-3-11-25(33)12-4-21)30(20-32,22-5-13-26(34)14-6-22)24-9-17-28(36-2)18-10-24/h3-18,33-34H,1-2H3. The lowest BCUT2D eigenvalue weighted by atomic mass is 9.53. The van der Waals surface area contributed by atoms with E-state index >= 15 is 0 Å². The first-order valence-electron chi connectivity index (χ1n) is 11.2. The smallest absolute Gasteiger partial charge is 0.134 e. The number of rotatable bonds is 7. The van der Waals surface area contributed by atoms with Crippen molar-refractivity contribution < 1.29 is 19.7 Å². The molecule has 4 rings (SSSR count). The summed E-state index contributed by atoms with van der Waals surface area (Å²) in [7, 11) is 3.11. The van der Waals surface area contributed by atoms with Crippen molar-refractivity contribution in [2.75, 3.05) is 14.2 Å². The Bertz CT molecular complexity index is 1300. The lowest BCUT2D eigenvalue weighted by Crippen LogP contribution is -2.49. The second-order valence-electron chi connectivity index (χ2n) is 8.27. The van der Waals surface area contributed by atoms with Gasteiger partial charge in [0.2, 0.25) is 0 Å². The summed E-state index contributed by atoms with van der Waals surface area (Å²) in [6, 6.07) is 31.6. The summed E-state index contributed by atoms with van der Waals surface area (Å²) in [5, 5.41) is 42.1. The lowest BCUT2D eigenvalue weighted by Gasteiger charge is -2.43.